The third-order valence-electron chi connectivity index (χ3n) is 3.40. The fourth-order valence-corrected chi connectivity index (χ4v) is 2.29. The van der Waals surface area contributed by atoms with Gasteiger partial charge in [0.2, 0.25) is 0 Å². The fraction of sp³-hybridized carbons (Fsp3) is 0.125. The van der Waals surface area contributed by atoms with Crippen LogP contribution in [0.1, 0.15) is 5.56 Å². The highest BCUT2D eigenvalue weighted by molar-refractivity contribution is 5.76. The first-order valence-electron chi connectivity index (χ1n) is 6.73. The maximum atomic E-state index is 13.9. The minimum Gasteiger partial charge on any atom is -0.496 e. The van der Waals surface area contributed by atoms with Gasteiger partial charge in [0.15, 0.2) is 5.82 Å². The Morgan fingerprint density at radius 2 is 1.95 bits per heavy atom. The van der Waals surface area contributed by atoms with Crippen molar-refractivity contribution < 1.29 is 9.13 Å². The average molecular weight is 298 g/mol. The first kappa shape index (κ1) is 14.1. The van der Waals surface area contributed by atoms with Crippen LogP contribution >= 0.6 is 0 Å². The van der Waals surface area contributed by atoms with Crippen LogP contribution in [0.5, 0.6) is 5.75 Å². The average Bonchev–Trinajstić information content (AvgIpc) is 2.89. The van der Waals surface area contributed by atoms with Crippen molar-refractivity contribution in [2.24, 2.45) is 0 Å². The molecule has 2 N–H and O–H groups in total. The Balaban J connectivity index is 2.16. The molecule has 0 unspecified atom stereocenters. The number of hydrogen-bond acceptors (Lipinski definition) is 4. The zero-order valence-electron chi connectivity index (χ0n) is 12.2. The van der Waals surface area contributed by atoms with Crippen LogP contribution in [0.25, 0.3) is 16.9 Å². The number of aromatic nitrogens is 3. The van der Waals surface area contributed by atoms with Gasteiger partial charge in [0.05, 0.1) is 7.11 Å². The third-order valence-corrected chi connectivity index (χ3v) is 3.40. The van der Waals surface area contributed by atoms with E-state index in [1.807, 2.05) is 25.1 Å². The summed E-state index contributed by atoms with van der Waals surface area (Å²) in [5.74, 6) is 0.480. The summed E-state index contributed by atoms with van der Waals surface area (Å²) in [6.07, 6.45) is 0. The first-order chi connectivity index (χ1) is 10.6. The molecule has 0 aliphatic heterocycles. The Labute approximate surface area is 127 Å². The number of nitrogens with two attached hydrogens (primary N) is 1. The normalized spacial score (nSPS) is 10.7. The third kappa shape index (κ3) is 2.28. The van der Waals surface area contributed by atoms with Gasteiger partial charge in [0, 0.05) is 5.56 Å². The van der Waals surface area contributed by atoms with Gasteiger partial charge in [-0.1, -0.05) is 29.0 Å². The number of benzene rings is 2. The summed E-state index contributed by atoms with van der Waals surface area (Å²) in [7, 11) is 1.58. The molecule has 22 heavy (non-hydrogen) atoms. The van der Waals surface area contributed by atoms with E-state index in [1.54, 1.807) is 25.3 Å². The van der Waals surface area contributed by atoms with Crippen molar-refractivity contribution in [1.29, 1.82) is 0 Å². The van der Waals surface area contributed by atoms with Gasteiger partial charge in [-0.2, -0.15) is 4.68 Å². The van der Waals surface area contributed by atoms with Crippen molar-refractivity contribution >= 4 is 5.82 Å². The molecule has 0 radical (unpaired) electrons. The number of nitrogen functional groups attached to an aromatic ring is 1. The Kier molecular flexibility index (Phi) is 3.50. The van der Waals surface area contributed by atoms with Gasteiger partial charge < -0.3 is 10.5 Å². The first-order valence-corrected chi connectivity index (χ1v) is 6.73. The molecule has 0 saturated heterocycles. The molecule has 0 aliphatic rings. The summed E-state index contributed by atoms with van der Waals surface area (Å²) in [6.45, 7) is 1.96. The van der Waals surface area contributed by atoms with Gasteiger partial charge in [0.25, 0.3) is 0 Å². The molecule has 3 aromatic rings. The lowest BCUT2D eigenvalue weighted by atomic mass is 10.1. The summed E-state index contributed by atoms with van der Waals surface area (Å²) >= 11 is 0. The van der Waals surface area contributed by atoms with E-state index in [0.717, 1.165) is 11.1 Å². The zero-order chi connectivity index (χ0) is 15.7. The van der Waals surface area contributed by atoms with Crippen LogP contribution in [-0.4, -0.2) is 22.1 Å². The Bertz CT molecular complexity index is 829. The summed E-state index contributed by atoms with van der Waals surface area (Å²) in [5.41, 5.74) is 8.60. The van der Waals surface area contributed by atoms with Crippen LogP contribution in [0.15, 0.2) is 42.5 Å². The van der Waals surface area contributed by atoms with Crippen molar-refractivity contribution in [3.63, 3.8) is 0 Å². The monoisotopic (exact) mass is 298 g/mol. The molecule has 0 amide bonds. The summed E-state index contributed by atoms with van der Waals surface area (Å²) < 4.78 is 20.5. The lowest BCUT2D eigenvalue weighted by molar-refractivity contribution is 0.416. The summed E-state index contributed by atoms with van der Waals surface area (Å²) in [6, 6.07) is 11.9. The number of methoxy groups -OCH3 is 1. The summed E-state index contributed by atoms with van der Waals surface area (Å²) in [4.78, 5) is 0. The van der Waals surface area contributed by atoms with Gasteiger partial charge in [-0.05, 0) is 31.2 Å². The lowest BCUT2D eigenvalue weighted by Crippen LogP contribution is -2.04. The van der Waals surface area contributed by atoms with E-state index >= 15 is 0 Å². The van der Waals surface area contributed by atoms with Crippen LogP contribution in [0.4, 0.5) is 10.2 Å². The minimum atomic E-state index is -0.415. The predicted octanol–water partition coefficient (Wildman–Crippen LogP) is 2.97. The van der Waals surface area contributed by atoms with Crippen LogP contribution < -0.4 is 10.5 Å². The summed E-state index contributed by atoms with van der Waals surface area (Å²) in [5, 5.41) is 8.07. The van der Waals surface area contributed by atoms with E-state index in [1.165, 1.54) is 10.7 Å². The molecule has 2 aromatic carbocycles. The highest BCUT2D eigenvalue weighted by Gasteiger charge is 2.18. The van der Waals surface area contributed by atoms with Crippen LogP contribution in [0.3, 0.4) is 0 Å². The van der Waals surface area contributed by atoms with Gasteiger partial charge >= 0.3 is 0 Å². The molecule has 5 nitrogen and oxygen atoms in total. The highest BCUT2D eigenvalue weighted by Crippen LogP contribution is 2.33. The van der Waals surface area contributed by atoms with Crippen molar-refractivity contribution in [2.75, 3.05) is 12.8 Å². The molecule has 0 saturated carbocycles. The van der Waals surface area contributed by atoms with Crippen molar-refractivity contribution in [3.8, 4) is 22.7 Å². The molecule has 0 fully saturated rings. The molecule has 0 spiro atoms. The minimum absolute atomic E-state index is 0.255. The second-order valence-electron chi connectivity index (χ2n) is 4.89. The predicted molar refractivity (Wildman–Crippen MR) is 82.5 cm³/mol. The maximum Gasteiger partial charge on any atom is 0.156 e. The smallest absolute Gasteiger partial charge is 0.156 e. The van der Waals surface area contributed by atoms with Crippen molar-refractivity contribution in [1.82, 2.24) is 15.0 Å². The van der Waals surface area contributed by atoms with Crippen molar-refractivity contribution in [3.05, 3.63) is 53.8 Å². The van der Waals surface area contributed by atoms with Gasteiger partial charge in [0.1, 0.15) is 22.9 Å². The number of para-hydroxylation sites is 1. The lowest BCUT2D eigenvalue weighted by Gasteiger charge is -2.08. The number of ether oxygens (including phenoxy) is 1. The van der Waals surface area contributed by atoms with Crippen molar-refractivity contribution in [2.45, 2.75) is 6.92 Å². The Morgan fingerprint density at radius 3 is 2.68 bits per heavy atom. The number of aryl methyl sites for hydroxylation is 1. The maximum absolute atomic E-state index is 13.9. The van der Waals surface area contributed by atoms with Crippen LogP contribution in [-0.2, 0) is 0 Å². The molecular formula is C16H15FN4O. The molecule has 6 heteroatoms. The van der Waals surface area contributed by atoms with E-state index in [-0.39, 0.29) is 11.5 Å². The second kappa shape index (κ2) is 5.48. The topological polar surface area (TPSA) is 66.0 Å². The molecule has 3 rings (SSSR count). The van der Waals surface area contributed by atoms with Gasteiger partial charge in [-0.3, -0.25) is 0 Å². The van der Waals surface area contributed by atoms with Gasteiger partial charge in [-0.15, -0.1) is 5.10 Å². The van der Waals surface area contributed by atoms with Gasteiger partial charge in [-0.25, -0.2) is 4.39 Å². The molecular weight excluding hydrogens is 283 g/mol. The number of hydrogen-bond donors (Lipinski definition) is 1. The quantitative estimate of drug-likeness (QED) is 0.807. The van der Waals surface area contributed by atoms with E-state index < -0.39 is 5.82 Å². The van der Waals surface area contributed by atoms with E-state index in [2.05, 4.69) is 10.3 Å². The molecule has 1 aromatic heterocycles. The van der Waals surface area contributed by atoms with Crippen LogP contribution in [0.2, 0.25) is 0 Å². The van der Waals surface area contributed by atoms with E-state index in [9.17, 15) is 4.39 Å². The molecule has 0 aliphatic carbocycles. The number of halogens is 1. The number of nitrogens with zero attached hydrogens (tertiary/aromatic N) is 3. The van der Waals surface area contributed by atoms with Crippen LogP contribution in [0, 0.1) is 12.7 Å². The van der Waals surface area contributed by atoms with E-state index in [0.29, 0.717) is 11.4 Å². The SMILES string of the molecule is COc1ccc(C)cc1-c1nnn(-c2ccccc2F)c1N. The fourth-order valence-electron chi connectivity index (χ4n) is 2.29. The molecule has 0 bridgehead atoms. The Hall–Kier alpha value is -2.89. The Morgan fingerprint density at radius 1 is 1.18 bits per heavy atom. The molecule has 0 atom stereocenters. The second-order valence-corrected chi connectivity index (χ2v) is 4.89. The molecule has 1 heterocycles. The largest absolute Gasteiger partial charge is 0.496 e. The zero-order valence-corrected chi connectivity index (χ0v) is 12.2. The molecule has 112 valence electrons. The number of anilines is 1. The standard InChI is InChI=1S/C16H15FN4O/c1-10-7-8-14(22-2)11(9-10)15-16(18)21(20-19-15)13-6-4-3-5-12(13)17/h3-9H,18H2,1-2H3. The van der Waals surface area contributed by atoms with E-state index in [4.69, 9.17) is 10.5 Å². The highest BCUT2D eigenvalue weighted by atomic mass is 19.1. The number of rotatable bonds is 3.